The molecule has 1 atom stereocenters. The third-order valence-electron chi connectivity index (χ3n) is 1.38. The molecule has 0 saturated heterocycles. The Morgan fingerprint density at radius 2 is 2.27 bits per heavy atom. The van der Waals surface area contributed by atoms with Crippen LogP contribution in [0, 0.1) is 6.07 Å². The molecule has 0 spiro atoms. The summed E-state index contributed by atoms with van der Waals surface area (Å²) in [5.74, 6) is 0. The van der Waals surface area contributed by atoms with Gasteiger partial charge in [0, 0.05) is 6.10 Å². The molecule has 54 valence electrons. The molecule has 0 saturated carbocycles. The minimum Gasteiger partial charge on any atom is -0.419 e. The molecule has 0 radical (unpaired) electrons. The van der Waals surface area contributed by atoms with Gasteiger partial charge < -0.3 is 10.8 Å². The molecular formula is C8H10NOY+2. The molecule has 1 rings (SSSR count). The van der Waals surface area contributed by atoms with Gasteiger partial charge in [-0.1, -0.05) is 5.69 Å². The van der Waals surface area contributed by atoms with E-state index in [1.165, 1.54) is 0 Å². The van der Waals surface area contributed by atoms with Crippen LogP contribution in [0.2, 0.25) is 0 Å². The van der Waals surface area contributed by atoms with Crippen LogP contribution in [-0.4, -0.2) is 5.11 Å². The van der Waals surface area contributed by atoms with Gasteiger partial charge in [-0.25, -0.2) is 0 Å². The first-order valence-electron chi connectivity index (χ1n) is 3.15. The predicted molar refractivity (Wildman–Crippen MR) is 40.3 cm³/mol. The van der Waals surface area contributed by atoms with E-state index < -0.39 is 6.10 Å². The van der Waals surface area contributed by atoms with Crippen LogP contribution in [0.3, 0.4) is 0 Å². The Balaban J connectivity index is 0.000001000. The average Bonchev–Trinajstić information content (AvgIpc) is 1.88. The maximum atomic E-state index is 9.10. The smallest absolute Gasteiger partial charge is 0.419 e. The third kappa shape index (κ3) is 2.90. The number of hydrogen-bond acceptors (Lipinski definition) is 2. The van der Waals surface area contributed by atoms with Gasteiger partial charge in [-0.2, -0.15) is 18.2 Å². The molecule has 1 aromatic rings. The van der Waals surface area contributed by atoms with Crippen molar-refractivity contribution in [3.05, 3.63) is 29.8 Å². The molecule has 0 aromatic heterocycles. The molecule has 1 aromatic carbocycles. The number of hydrogen-bond donors (Lipinski definition) is 2. The van der Waals surface area contributed by atoms with Gasteiger partial charge in [0.05, 0.1) is 0 Å². The Hall–Kier alpha value is 0.0839. The van der Waals surface area contributed by atoms with E-state index in [9.17, 15) is 0 Å². The maximum absolute atomic E-state index is 9.10. The molecular weight excluding hydrogens is 215 g/mol. The van der Waals surface area contributed by atoms with E-state index in [1.807, 2.05) is 0 Å². The van der Waals surface area contributed by atoms with Crippen LogP contribution in [0.5, 0.6) is 0 Å². The Morgan fingerprint density at radius 3 is 2.64 bits per heavy atom. The number of anilines is 1. The van der Waals surface area contributed by atoms with Gasteiger partial charge in [0.1, 0.15) is 0 Å². The van der Waals surface area contributed by atoms with Gasteiger partial charge in [0.25, 0.3) is 0 Å². The van der Waals surface area contributed by atoms with Crippen LogP contribution in [0.25, 0.3) is 0 Å². The molecule has 0 heterocycles. The second kappa shape index (κ2) is 4.86. The largest absolute Gasteiger partial charge is 3.00 e. The Morgan fingerprint density at radius 1 is 1.64 bits per heavy atom. The monoisotopic (exact) mass is 225 g/mol. The molecule has 0 aliphatic carbocycles. The molecule has 2 nitrogen and oxygen atoms in total. The standard InChI is InChI=1S/C8H10NO.Y/c1-6(10)7-4-2-3-5-8(7)9;/h3-6,10H,9H2,1H3;/q-1;+3. The molecule has 3 heteroatoms. The Bertz CT molecular complexity index is 225. The maximum Gasteiger partial charge on any atom is 3.00 e. The average molecular weight is 225 g/mol. The summed E-state index contributed by atoms with van der Waals surface area (Å²) in [4.78, 5) is 0. The van der Waals surface area contributed by atoms with E-state index in [4.69, 9.17) is 10.8 Å². The van der Waals surface area contributed by atoms with Gasteiger partial charge in [0.15, 0.2) is 0 Å². The predicted octanol–water partition coefficient (Wildman–Crippen LogP) is 1.12. The molecule has 0 bridgehead atoms. The van der Waals surface area contributed by atoms with Crippen molar-refractivity contribution in [2.24, 2.45) is 0 Å². The summed E-state index contributed by atoms with van der Waals surface area (Å²) < 4.78 is 0. The van der Waals surface area contributed by atoms with Gasteiger partial charge >= 0.3 is 32.7 Å². The fraction of sp³-hybridized carbons (Fsp3) is 0.250. The van der Waals surface area contributed by atoms with Crippen LogP contribution >= 0.6 is 0 Å². The second-order valence-electron chi connectivity index (χ2n) is 2.23. The number of benzene rings is 1. The fourth-order valence-electron chi connectivity index (χ4n) is 0.817. The van der Waals surface area contributed by atoms with Crippen molar-refractivity contribution in [3.8, 4) is 0 Å². The Kier molecular flexibility index (Phi) is 4.90. The molecule has 3 N–H and O–H groups in total. The number of aliphatic hydroxyl groups is 1. The molecule has 0 aliphatic rings. The zero-order chi connectivity index (χ0) is 7.56. The van der Waals surface area contributed by atoms with Crippen molar-refractivity contribution in [1.29, 1.82) is 0 Å². The first kappa shape index (κ1) is 11.1. The summed E-state index contributed by atoms with van der Waals surface area (Å²) in [6, 6.07) is 7.99. The second-order valence-corrected chi connectivity index (χ2v) is 2.23. The van der Waals surface area contributed by atoms with Crippen LogP contribution in [0.4, 0.5) is 5.69 Å². The van der Waals surface area contributed by atoms with E-state index >= 15 is 0 Å². The van der Waals surface area contributed by atoms with Crippen LogP contribution < -0.4 is 5.73 Å². The van der Waals surface area contributed by atoms with Crippen molar-refractivity contribution < 1.29 is 37.8 Å². The summed E-state index contributed by atoms with van der Waals surface area (Å²) in [5, 5.41) is 9.10. The van der Waals surface area contributed by atoms with Crippen LogP contribution in [-0.2, 0) is 32.7 Å². The van der Waals surface area contributed by atoms with E-state index in [1.54, 1.807) is 25.1 Å². The number of nitrogen functional groups attached to an aromatic ring is 1. The van der Waals surface area contributed by atoms with Crippen LogP contribution in [0.1, 0.15) is 18.6 Å². The number of nitrogens with two attached hydrogens (primary N) is 1. The zero-order valence-corrected chi connectivity index (χ0v) is 9.25. The number of aliphatic hydroxyl groups excluding tert-OH is 1. The van der Waals surface area contributed by atoms with Gasteiger partial charge in [0.2, 0.25) is 0 Å². The van der Waals surface area contributed by atoms with Crippen molar-refractivity contribution in [2.75, 3.05) is 5.73 Å². The first-order valence-corrected chi connectivity index (χ1v) is 3.15. The van der Waals surface area contributed by atoms with E-state index in [-0.39, 0.29) is 32.7 Å². The SMILES string of the molecule is CC(O)c1c[c-]ccc1N.[Y+3]. The molecule has 0 amide bonds. The topological polar surface area (TPSA) is 46.2 Å². The summed E-state index contributed by atoms with van der Waals surface area (Å²) in [6.07, 6.45) is -0.502. The molecule has 11 heavy (non-hydrogen) atoms. The Labute approximate surface area is 91.7 Å². The molecule has 0 aliphatic heterocycles. The zero-order valence-electron chi connectivity index (χ0n) is 6.41. The van der Waals surface area contributed by atoms with Gasteiger partial charge in [-0.15, -0.1) is 11.6 Å². The third-order valence-corrected chi connectivity index (χ3v) is 1.38. The molecule has 1 unspecified atom stereocenters. The van der Waals surface area contributed by atoms with Crippen molar-refractivity contribution in [1.82, 2.24) is 0 Å². The van der Waals surface area contributed by atoms with E-state index in [0.717, 1.165) is 5.56 Å². The van der Waals surface area contributed by atoms with Gasteiger partial charge in [-0.05, 0) is 6.92 Å². The van der Waals surface area contributed by atoms with Gasteiger partial charge in [-0.3, -0.25) is 0 Å². The van der Waals surface area contributed by atoms with Crippen molar-refractivity contribution in [2.45, 2.75) is 13.0 Å². The minimum atomic E-state index is -0.502. The first-order chi connectivity index (χ1) is 4.72. The van der Waals surface area contributed by atoms with Crippen molar-refractivity contribution in [3.63, 3.8) is 0 Å². The summed E-state index contributed by atoms with van der Waals surface area (Å²) in [5.41, 5.74) is 6.90. The van der Waals surface area contributed by atoms with E-state index in [0.29, 0.717) is 5.69 Å². The quantitative estimate of drug-likeness (QED) is 0.555. The normalized spacial score (nSPS) is 11.8. The van der Waals surface area contributed by atoms with Crippen LogP contribution in [0.15, 0.2) is 18.2 Å². The summed E-state index contributed by atoms with van der Waals surface area (Å²) in [6.45, 7) is 1.68. The summed E-state index contributed by atoms with van der Waals surface area (Å²) >= 11 is 0. The fourth-order valence-corrected chi connectivity index (χ4v) is 0.817. The van der Waals surface area contributed by atoms with Crippen molar-refractivity contribution >= 4 is 5.69 Å². The summed E-state index contributed by atoms with van der Waals surface area (Å²) in [7, 11) is 0. The molecule has 0 fully saturated rings. The van der Waals surface area contributed by atoms with E-state index in [2.05, 4.69) is 6.07 Å². The number of rotatable bonds is 1. The minimum absolute atomic E-state index is 0.